The average Bonchev–Trinajstić information content (AvgIpc) is 2.41. The van der Waals surface area contributed by atoms with Crippen LogP contribution in [0.15, 0.2) is 43.0 Å². The van der Waals surface area contributed by atoms with Crippen LogP contribution in [0.1, 0.15) is 26.3 Å². The first kappa shape index (κ1) is 17.2. The number of alkyl carbamates (subject to hydrolysis) is 1. The highest BCUT2D eigenvalue weighted by Gasteiger charge is 2.22. The Morgan fingerprint density at radius 3 is 2.52 bits per heavy atom. The fourth-order valence-electron chi connectivity index (χ4n) is 1.55. The Labute approximate surface area is 125 Å². The number of hydrogen-bond acceptors (Lipinski definition) is 4. The first-order valence-electron chi connectivity index (χ1n) is 6.77. The van der Waals surface area contributed by atoms with Gasteiger partial charge in [-0.3, -0.25) is 0 Å². The molecule has 0 aliphatic carbocycles. The van der Waals surface area contributed by atoms with Crippen molar-refractivity contribution < 1.29 is 19.4 Å². The van der Waals surface area contributed by atoms with Crippen LogP contribution in [0.4, 0.5) is 4.79 Å². The maximum Gasteiger partial charge on any atom is 0.408 e. The lowest BCUT2D eigenvalue weighted by molar-refractivity contribution is -0.119. The van der Waals surface area contributed by atoms with Crippen LogP contribution in [0.25, 0.3) is 0 Å². The molecule has 0 saturated carbocycles. The van der Waals surface area contributed by atoms with E-state index in [9.17, 15) is 9.90 Å². The van der Waals surface area contributed by atoms with Crippen LogP contribution in [-0.2, 0) is 16.1 Å². The van der Waals surface area contributed by atoms with Gasteiger partial charge in [0.05, 0.1) is 6.61 Å². The lowest BCUT2D eigenvalue weighted by Gasteiger charge is -2.24. The molecule has 2 atom stereocenters. The van der Waals surface area contributed by atoms with E-state index >= 15 is 0 Å². The Hall–Kier alpha value is -1.85. The van der Waals surface area contributed by atoms with Gasteiger partial charge in [0.1, 0.15) is 11.6 Å². The monoisotopic (exact) mass is 293 g/mol. The van der Waals surface area contributed by atoms with Gasteiger partial charge < -0.3 is 19.9 Å². The Bertz CT molecular complexity index is 453. The van der Waals surface area contributed by atoms with E-state index in [0.29, 0.717) is 0 Å². The predicted octanol–water partition coefficient (Wildman–Crippen LogP) is 2.60. The van der Waals surface area contributed by atoms with Crippen molar-refractivity contribution in [1.29, 1.82) is 0 Å². The highest BCUT2D eigenvalue weighted by atomic mass is 16.6. The van der Waals surface area contributed by atoms with Crippen molar-refractivity contribution in [2.24, 2.45) is 0 Å². The van der Waals surface area contributed by atoms with Crippen LogP contribution in [0.5, 0.6) is 0 Å². The fraction of sp³-hybridized carbons (Fsp3) is 0.438. The number of ether oxygens (including phenoxy) is 2. The zero-order chi connectivity index (χ0) is 15.9. The van der Waals surface area contributed by atoms with Crippen LogP contribution < -0.4 is 5.32 Å². The van der Waals surface area contributed by atoms with Crippen LogP contribution >= 0.6 is 0 Å². The summed E-state index contributed by atoms with van der Waals surface area (Å²) < 4.78 is 10.4. The quantitative estimate of drug-likeness (QED) is 0.625. The number of aliphatic hydroxyl groups excluding tert-OH is 1. The van der Waals surface area contributed by atoms with Crippen molar-refractivity contribution in [1.82, 2.24) is 5.32 Å². The molecule has 0 radical (unpaired) electrons. The van der Waals surface area contributed by atoms with E-state index in [1.54, 1.807) is 20.8 Å². The van der Waals surface area contributed by atoms with Crippen molar-refractivity contribution in [2.75, 3.05) is 0 Å². The molecule has 0 unspecified atom stereocenters. The van der Waals surface area contributed by atoms with Gasteiger partial charge in [0.25, 0.3) is 0 Å². The van der Waals surface area contributed by atoms with Gasteiger partial charge in [0, 0.05) is 0 Å². The van der Waals surface area contributed by atoms with Crippen LogP contribution in [-0.4, -0.2) is 29.1 Å². The molecule has 0 heterocycles. The van der Waals surface area contributed by atoms with Crippen molar-refractivity contribution in [3.63, 3.8) is 0 Å². The smallest absolute Gasteiger partial charge is 0.408 e. The molecule has 5 heteroatoms. The minimum atomic E-state index is -1.20. The number of carbonyl (C=O) groups is 1. The highest BCUT2D eigenvalue weighted by molar-refractivity contribution is 5.68. The number of hydrogen-bond donors (Lipinski definition) is 2. The molecule has 116 valence electrons. The summed E-state index contributed by atoms with van der Waals surface area (Å²) in [6, 6.07) is 8.69. The summed E-state index contributed by atoms with van der Waals surface area (Å²) in [5, 5.41) is 12.5. The van der Waals surface area contributed by atoms with E-state index < -0.39 is 24.0 Å². The van der Waals surface area contributed by atoms with E-state index in [0.717, 1.165) is 5.56 Å². The molecule has 2 N–H and O–H groups in total. The molecule has 1 aromatic rings. The third-order valence-electron chi connectivity index (χ3n) is 2.51. The summed E-state index contributed by atoms with van der Waals surface area (Å²) in [5.41, 5.74) is 0.322. The molecule has 0 bridgehead atoms. The fourth-order valence-corrected chi connectivity index (χ4v) is 1.55. The second kappa shape index (κ2) is 7.81. The molecule has 1 amide bonds. The summed E-state index contributed by atoms with van der Waals surface area (Å²) in [7, 11) is 0. The van der Waals surface area contributed by atoms with E-state index in [1.807, 2.05) is 30.3 Å². The molecule has 5 nitrogen and oxygen atoms in total. The molecule has 0 fully saturated rings. The Balaban J connectivity index is 2.47. The third-order valence-corrected chi connectivity index (χ3v) is 2.51. The lowest BCUT2D eigenvalue weighted by Crippen LogP contribution is -2.45. The van der Waals surface area contributed by atoms with Gasteiger partial charge in [-0.2, -0.15) is 0 Å². The van der Waals surface area contributed by atoms with Gasteiger partial charge >= 0.3 is 6.09 Å². The first-order chi connectivity index (χ1) is 9.81. The number of rotatable bonds is 6. The highest BCUT2D eigenvalue weighted by Crippen LogP contribution is 2.09. The van der Waals surface area contributed by atoms with Crippen molar-refractivity contribution in [2.45, 2.75) is 45.3 Å². The summed E-state index contributed by atoms with van der Waals surface area (Å²) in [6.45, 7) is 9.10. The van der Waals surface area contributed by atoms with E-state index in [4.69, 9.17) is 9.47 Å². The number of carbonyl (C=O) groups excluding carboxylic acids is 1. The zero-order valence-electron chi connectivity index (χ0n) is 12.7. The maximum absolute atomic E-state index is 11.7. The topological polar surface area (TPSA) is 67.8 Å². The lowest BCUT2D eigenvalue weighted by atomic mass is 10.2. The standard InChI is InChI=1S/C16H23NO4/c1-5-13(17-15(19)21-16(2,3)4)14(18)20-11-12-9-7-6-8-10-12/h5-10,13-14,18H,1,11H2,2-4H3,(H,17,19)/t13-,14-/m1/s1. The molecule has 0 spiro atoms. The van der Waals surface area contributed by atoms with Crippen LogP contribution in [0, 0.1) is 0 Å². The Morgan fingerprint density at radius 2 is 2.00 bits per heavy atom. The Kier molecular flexibility index (Phi) is 6.39. The Morgan fingerprint density at radius 1 is 1.38 bits per heavy atom. The number of benzene rings is 1. The number of nitrogens with one attached hydrogen (secondary N) is 1. The second-order valence-electron chi connectivity index (χ2n) is 5.59. The third kappa shape index (κ3) is 6.92. The SMILES string of the molecule is C=C[C@@H](NC(=O)OC(C)(C)C)[C@H](O)OCc1ccccc1. The predicted molar refractivity (Wildman–Crippen MR) is 80.6 cm³/mol. The number of aliphatic hydroxyl groups is 1. The van der Waals surface area contributed by atoms with Crippen molar-refractivity contribution >= 4 is 6.09 Å². The summed E-state index contributed by atoms with van der Waals surface area (Å²) in [6.07, 6.45) is -0.426. The molecule has 0 aromatic heterocycles. The molecular formula is C16H23NO4. The molecule has 0 aliphatic rings. The minimum absolute atomic E-state index is 0.238. The molecule has 21 heavy (non-hydrogen) atoms. The summed E-state index contributed by atoms with van der Waals surface area (Å²) in [5.74, 6) is 0. The molecular weight excluding hydrogens is 270 g/mol. The normalized spacial score (nSPS) is 14.1. The van der Waals surface area contributed by atoms with Gasteiger partial charge in [-0.25, -0.2) is 4.79 Å². The molecule has 1 rings (SSSR count). The van der Waals surface area contributed by atoms with E-state index in [1.165, 1.54) is 6.08 Å². The average molecular weight is 293 g/mol. The van der Waals surface area contributed by atoms with Crippen LogP contribution in [0.2, 0.25) is 0 Å². The zero-order valence-corrected chi connectivity index (χ0v) is 12.7. The van der Waals surface area contributed by atoms with Crippen LogP contribution in [0.3, 0.4) is 0 Å². The molecule has 1 aromatic carbocycles. The summed E-state index contributed by atoms with van der Waals surface area (Å²) in [4.78, 5) is 11.7. The van der Waals surface area contributed by atoms with Gasteiger partial charge in [-0.1, -0.05) is 36.4 Å². The maximum atomic E-state index is 11.7. The van der Waals surface area contributed by atoms with E-state index in [2.05, 4.69) is 11.9 Å². The first-order valence-corrected chi connectivity index (χ1v) is 6.77. The second-order valence-corrected chi connectivity index (χ2v) is 5.59. The van der Waals surface area contributed by atoms with Gasteiger partial charge in [0.2, 0.25) is 0 Å². The number of amides is 1. The van der Waals surface area contributed by atoms with Crippen molar-refractivity contribution in [3.8, 4) is 0 Å². The van der Waals surface area contributed by atoms with E-state index in [-0.39, 0.29) is 6.61 Å². The van der Waals surface area contributed by atoms with Gasteiger partial charge in [-0.15, -0.1) is 6.58 Å². The summed E-state index contributed by atoms with van der Waals surface area (Å²) >= 11 is 0. The van der Waals surface area contributed by atoms with Gasteiger partial charge in [0.15, 0.2) is 6.29 Å². The molecule has 0 saturated heterocycles. The van der Waals surface area contributed by atoms with Crippen molar-refractivity contribution in [3.05, 3.63) is 48.6 Å². The van der Waals surface area contributed by atoms with Gasteiger partial charge in [-0.05, 0) is 26.3 Å². The largest absolute Gasteiger partial charge is 0.444 e. The molecule has 0 aliphatic heterocycles. The minimum Gasteiger partial charge on any atom is -0.444 e.